The number of carbonyl (C=O) groups is 1. The van der Waals surface area contributed by atoms with Gasteiger partial charge in [0.2, 0.25) is 0 Å². The molecule has 0 N–H and O–H groups in total. The predicted octanol–water partition coefficient (Wildman–Crippen LogP) is 4.90. The zero-order valence-electron chi connectivity index (χ0n) is 13.4. The smallest absolute Gasteiger partial charge is 0.387 e. The highest BCUT2D eigenvalue weighted by Gasteiger charge is 2.17. The van der Waals surface area contributed by atoms with Crippen LogP contribution < -0.4 is 9.47 Å². The summed E-state index contributed by atoms with van der Waals surface area (Å²) in [5.41, 5.74) is 1.70. The maximum atomic E-state index is 12.8. The van der Waals surface area contributed by atoms with E-state index in [0.717, 1.165) is 11.1 Å². The van der Waals surface area contributed by atoms with Crippen molar-refractivity contribution < 1.29 is 23.0 Å². The SMILES string of the molecule is COc1cc2cc(C)n(C(=O)c3ccc(OC(F)F)cc3)c2cc1Cl. The van der Waals surface area contributed by atoms with Gasteiger partial charge >= 0.3 is 6.61 Å². The number of fused-ring (bicyclic) bond motifs is 1. The summed E-state index contributed by atoms with van der Waals surface area (Å²) < 4.78 is 35.4. The molecule has 0 fully saturated rings. The van der Waals surface area contributed by atoms with Crippen LogP contribution in [0.1, 0.15) is 16.1 Å². The average molecular weight is 366 g/mol. The van der Waals surface area contributed by atoms with Crippen LogP contribution in [-0.4, -0.2) is 24.2 Å². The van der Waals surface area contributed by atoms with Crippen LogP contribution >= 0.6 is 11.6 Å². The summed E-state index contributed by atoms with van der Waals surface area (Å²) >= 11 is 6.17. The number of nitrogens with zero attached hydrogens (tertiary/aromatic N) is 1. The number of halogens is 3. The Hall–Kier alpha value is -2.60. The Morgan fingerprint density at radius 2 is 1.84 bits per heavy atom. The monoisotopic (exact) mass is 365 g/mol. The van der Waals surface area contributed by atoms with Crippen LogP contribution in [0.2, 0.25) is 5.02 Å². The van der Waals surface area contributed by atoms with Crippen molar-refractivity contribution in [2.45, 2.75) is 13.5 Å². The van der Waals surface area contributed by atoms with E-state index in [1.807, 2.05) is 6.07 Å². The molecule has 0 aliphatic heterocycles. The minimum Gasteiger partial charge on any atom is -0.495 e. The number of benzene rings is 2. The average Bonchev–Trinajstić information content (AvgIpc) is 2.88. The molecule has 1 heterocycles. The topological polar surface area (TPSA) is 40.5 Å². The Morgan fingerprint density at radius 1 is 1.16 bits per heavy atom. The van der Waals surface area contributed by atoms with Gasteiger partial charge in [0.15, 0.2) is 0 Å². The van der Waals surface area contributed by atoms with Gasteiger partial charge < -0.3 is 9.47 Å². The summed E-state index contributed by atoms with van der Waals surface area (Å²) in [6, 6.07) is 10.8. The van der Waals surface area contributed by atoms with Crippen LogP contribution in [0.25, 0.3) is 10.9 Å². The summed E-state index contributed by atoms with van der Waals surface area (Å²) in [5, 5.41) is 1.20. The van der Waals surface area contributed by atoms with Gasteiger partial charge in [-0.3, -0.25) is 9.36 Å². The van der Waals surface area contributed by atoms with E-state index in [-0.39, 0.29) is 11.7 Å². The number of aromatic nitrogens is 1. The first-order chi connectivity index (χ1) is 11.9. The normalized spacial score (nSPS) is 11.1. The maximum Gasteiger partial charge on any atom is 0.387 e. The van der Waals surface area contributed by atoms with E-state index >= 15 is 0 Å². The van der Waals surface area contributed by atoms with E-state index in [1.54, 1.807) is 19.1 Å². The van der Waals surface area contributed by atoms with E-state index in [1.165, 1.54) is 35.9 Å². The van der Waals surface area contributed by atoms with Crippen molar-refractivity contribution in [2.24, 2.45) is 0 Å². The van der Waals surface area contributed by atoms with Crippen LogP contribution in [-0.2, 0) is 0 Å². The first-order valence-corrected chi connectivity index (χ1v) is 7.73. The quantitative estimate of drug-likeness (QED) is 0.660. The van der Waals surface area contributed by atoms with Crippen molar-refractivity contribution in [1.29, 1.82) is 0 Å². The highest BCUT2D eigenvalue weighted by molar-refractivity contribution is 6.33. The first kappa shape index (κ1) is 17.2. The number of hydrogen-bond acceptors (Lipinski definition) is 3. The summed E-state index contributed by atoms with van der Waals surface area (Å²) in [4.78, 5) is 12.8. The molecule has 0 unspecified atom stereocenters. The molecule has 3 rings (SSSR count). The number of methoxy groups -OCH3 is 1. The van der Waals surface area contributed by atoms with Crippen molar-refractivity contribution in [3.05, 3.63) is 58.7 Å². The molecule has 25 heavy (non-hydrogen) atoms. The van der Waals surface area contributed by atoms with Crippen molar-refractivity contribution in [3.8, 4) is 11.5 Å². The van der Waals surface area contributed by atoms with Crippen LogP contribution in [0.3, 0.4) is 0 Å². The van der Waals surface area contributed by atoms with Gasteiger partial charge in [-0.2, -0.15) is 8.78 Å². The summed E-state index contributed by atoms with van der Waals surface area (Å²) in [6.07, 6.45) is 0. The molecular formula is C18H14ClF2NO3. The molecule has 0 bridgehead atoms. The second-order valence-electron chi connectivity index (χ2n) is 5.37. The molecule has 0 atom stereocenters. The maximum absolute atomic E-state index is 12.8. The lowest BCUT2D eigenvalue weighted by Gasteiger charge is -2.09. The Balaban J connectivity index is 2.02. The van der Waals surface area contributed by atoms with Gasteiger partial charge in [-0.1, -0.05) is 11.6 Å². The Morgan fingerprint density at radius 3 is 2.44 bits per heavy atom. The fourth-order valence-electron chi connectivity index (χ4n) is 2.68. The predicted molar refractivity (Wildman–Crippen MR) is 91.0 cm³/mol. The fourth-order valence-corrected chi connectivity index (χ4v) is 2.92. The van der Waals surface area contributed by atoms with Gasteiger partial charge in [-0.05, 0) is 49.4 Å². The van der Waals surface area contributed by atoms with Crippen molar-refractivity contribution in [2.75, 3.05) is 7.11 Å². The van der Waals surface area contributed by atoms with Crippen molar-refractivity contribution in [1.82, 2.24) is 4.57 Å². The Bertz CT molecular complexity index is 936. The van der Waals surface area contributed by atoms with Gasteiger partial charge in [-0.25, -0.2) is 0 Å². The molecule has 2 aromatic carbocycles. The van der Waals surface area contributed by atoms with Gasteiger partial charge in [0.05, 0.1) is 17.6 Å². The van der Waals surface area contributed by atoms with Gasteiger partial charge in [0, 0.05) is 16.6 Å². The minimum absolute atomic E-state index is 0.00610. The third-order valence-corrected chi connectivity index (χ3v) is 4.08. The molecule has 0 radical (unpaired) electrons. The van der Waals surface area contributed by atoms with Crippen LogP contribution in [0.15, 0.2) is 42.5 Å². The van der Waals surface area contributed by atoms with E-state index in [9.17, 15) is 13.6 Å². The molecule has 0 amide bonds. The second kappa shape index (κ2) is 6.72. The highest BCUT2D eigenvalue weighted by Crippen LogP contribution is 2.32. The number of hydrogen-bond donors (Lipinski definition) is 0. The fraction of sp³-hybridized carbons (Fsp3) is 0.167. The molecule has 7 heteroatoms. The third kappa shape index (κ3) is 3.30. The summed E-state index contributed by atoms with van der Waals surface area (Å²) in [7, 11) is 1.52. The van der Waals surface area contributed by atoms with Gasteiger partial charge in [0.25, 0.3) is 5.91 Å². The zero-order chi connectivity index (χ0) is 18.1. The number of rotatable bonds is 4. The van der Waals surface area contributed by atoms with Crippen molar-refractivity contribution in [3.63, 3.8) is 0 Å². The summed E-state index contributed by atoms with van der Waals surface area (Å²) in [5.74, 6) is 0.220. The minimum atomic E-state index is -2.91. The van der Waals surface area contributed by atoms with E-state index in [4.69, 9.17) is 16.3 Å². The number of aryl methyl sites for hydroxylation is 1. The van der Waals surface area contributed by atoms with E-state index < -0.39 is 6.61 Å². The van der Waals surface area contributed by atoms with Crippen LogP contribution in [0.4, 0.5) is 8.78 Å². The number of alkyl halides is 2. The molecule has 0 saturated carbocycles. The van der Waals surface area contributed by atoms with Crippen molar-refractivity contribution >= 4 is 28.4 Å². The molecule has 4 nitrogen and oxygen atoms in total. The lowest BCUT2D eigenvalue weighted by molar-refractivity contribution is -0.0498. The summed E-state index contributed by atoms with van der Waals surface area (Å²) in [6.45, 7) is -1.11. The standard InChI is InChI=1S/C18H14ClF2NO3/c1-10-7-12-8-16(24-2)14(19)9-15(12)22(10)17(23)11-3-5-13(6-4-11)25-18(20)21/h3-9,18H,1-2H3. The van der Waals surface area contributed by atoms with Crippen LogP contribution in [0, 0.1) is 6.92 Å². The molecule has 0 saturated heterocycles. The van der Waals surface area contributed by atoms with Gasteiger partial charge in [-0.15, -0.1) is 0 Å². The molecule has 3 aromatic rings. The second-order valence-corrected chi connectivity index (χ2v) is 5.78. The molecular weight excluding hydrogens is 352 g/mol. The molecule has 1 aromatic heterocycles. The molecule has 0 aliphatic carbocycles. The van der Waals surface area contributed by atoms with E-state index in [2.05, 4.69) is 4.74 Å². The largest absolute Gasteiger partial charge is 0.495 e. The third-order valence-electron chi connectivity index (χ3n) is 3.79. The lowest BCUT2D eigenvalue weighted by Crippen LogP contribution is -2.13. The number of carbonyl (C=O) groups excluding carboxylic acids is 1. The molecule has 0 spiro atoms. The first-order valence-electron chi connectivity index (χ1n) is 7.36. The van der Waals surface area contributed by atoms with E-state index in [0.29, 0.717) is 21.9 Å². The number of ether oxygens (including phenoxy) is 2. The Kier molecular flexibility index (Phi) is 4.63. The highest BCUT2D eigenvalue weighted by atomic mass is 35.5. The zero-order valence-corrected chi connectivity index (χ0v) is 14.2. The molecule has 0 aliphatic rings. The Labute approximate surface area is 147 Å². The lowest BCUT2D eigenvalue weighted by atomic mass is 10.2. The van der Waals surface area contributed by atoms with Gasteiger partial charge in [0.1, 0.15) is 11.5 Å². The van der Waals surface area contributed by atoms with Crippen LogP contribution in [0.5, 0.6) is 11.5 Å². The molecule has 130 valence electrons.